The smallest absolute Gasteiger partial charge is 0.0234 e. The van der Waals surface area contributed by atoms with Gasteiger partial charge < -0.3 is 0 Å². The second-order valence-electron chi connectivity index (χ2n) is 1.93. The van der Waals surface area contributed by atoms with Gasteiger partial charge in [-0.25, -0.2) is 0 Å². The molecule has 0 saturated carbocycles. The lowest BCUT2D eigenvalue weighted by Gasteiger charge is -2.00. The quantitative estimate of drug-likeness (QED) is 0.441. The van der Waals surface area contributed by atoms with Crippen LogP contribution in [0.15, 0.2) is 11.6 Å². The van der Waals surface area contributed by atoms with Gasteiger partial charge in [0.15, 0.2) is 0 Å². The topological polar surface area (TPSA) is 0 Å². The van der Waals surface area contributed by atoms with Crippen LogP contribution in [0, 0.1) is 12.8 Å². The Morgan fingerprint density at radius 1 is 1.71 bits per heavy atom. The van der Waals surface area contributed by atoms with E-state index in [-0.39, 0.29) is 0 Å². The van der Waals surface area contributed by atoms with Crippen molar-refractivity contribution in [1.29, 1.82) is 0 Å². The van der Waals surface area contributed by atoms with Gasteiger partial charge in [-0.2, -0.15) is 0 Å². The second kappa shape index (κ2) is 2.84. The van der Waals surface area contributed by atoms with E-state index in [2.05, 4.69) is 26.8 Å². The molecule has 0 aromatic rings. The van der Waals surface area contributed by atoms with Gasteiger partial charge in [-0.05, 0) is 26.7 Å². The largest absolute Gasteiger partial charge is 0.0885 e. The van der Waals surface area contributed by atoms with Crippen LogP contribution in [0.3, 0.4) is 0 Å². The van der Waals surface area contributed by atoms with Crippen molar-refractivity contribution in [3.8, 4) is 0 Å². The summed E-state index contributed by atoms with van der Waals surface area (Å²) in [5, 5.41) is 0. The van der Waals surface area contributed by atoms with E-state index in [1.807, 2.05) is 6.92 Å². The Labute approximate surface area is 46.2 Å². The van der Waals surface area contributed by atoms with Gasteiger partial charge in [-0.3, -0.25) is 0 Å². The molecule has 1 radical (unpaired) electrons. The van der Waals surface area contributed by atoms with Crippen molar-refractivity contribution in [3.63, 3.8) is 0 Å². The van der Waals surface area contributed by atoms with Crippen LogP contribution in [0.2, 0.25) is 0 Å². The fraction of sp³-hybridized carbons (Fsp3) is 0.571. The summed E-state index contributed by atoms with van der Waals surface area (Å²) >= 11 is 0. The normalized spacial score (nSPS) is 13.0. The molecule has 7 heavy (non-hydrogen) atoms. The van der Waals surface area contributed by atoms with E-state index in [1.165, 1.54) is 5.57 Å². The molecule has 0 heterocycles. The molecule has 0 aromatic heterocycles. The fourth-order valence-corrected chi connectivity index (χ4v) is 0.285. The molecule has 0 rings (SSSR count). The molecule has 41 valence electrons. The molecule has 0 fully saturated rings. The van der Waals surface area contributed by atoms with Gasteiger partial charge in [0.1, 0.15) is 0 Å². The Hall–Kier alpha value is -0.260. The first-order valence-corrected chi connectivity index (χ1v) is 2.64. The Morgan fingerprint density at radius 2 is 2.14 bits per heavy atom. The van der Waals surface area contributed by atoms with Gasteiger partial charge in [0.05, 0.1) is 0 Å². The van der Waals surface area contributed by atoms with Crippen LogP contribution in [-0.4, -0.2) is 0 Å². The lowest BCUT2D eigenvalue weighted by molar-refractivity contribution is 0.855. The average molecular weight is 97.2 g/mol. The highest BCUT2D eigenvalue weighted by Gasteiger charge is 1.90. The summed E-state index contributed by atoms with van der Waals surface area (Å²) in [5.41, 5.74) is 1.36. The van der Waals surface area contributed by atoms with Crippen LogP contribution in [0.5, 0.6) is 0 Å². The first-order chi connectivity index (χ1) is 3.18. The van der Waals surface area contributed by atoms with E-state index >= 15 is 0 Å². The molecule has 0 aliphatic heterocycles. The third kappa shape index (κ3) is 2.44. The van der Waals surface area contributed by atoms with E-state index in [9.17, 15) is 0 Å². The lowest BCUT2D eigenvalue weighted by atomic mass is 10.1. The molecule has 0 bridgehead atoms. The highest BCUT2D eigenvalue weighted by atomic mass is 14.0. The van der Waals surface area contributed by atoms with Crippen LogP contribution in [0.4, 0.5) is 0 Å². The van der Waals surface area contributed by atoms with Gasteiger partial charge in [0.2, 0.25) is 0 Å². The van der Waals surface area contributed by atoms with Crippen molar-refractivity contribution >= 4 is 0 Å². The monoisotopic (exact) mass is 97.1 g/mol. The highest BCUT2D eigenvalue weighted by Crippen LogP contribution is 2.05. The number of rotatable bonds is 1. The van der Waals surface area contributed by atoms with Crippen molar-refractivity contribution in [2.24, 2.45) is 5.92 Å². The Morgan fingerprint density at radius 3 is 2.14 bits per heavy atom. The molecule has 0 amide bonds. The van der Waals surface area contributed by atoms with Crippen LogP contribution < -0.4 is 0 Å². The van der Waals surface area contributed by atoms with E-state index in [0.717, 1.165) is 0 Å². The maximum absolute atomic E-state index is 3.84. The van der Waals surface area contributed by atoms with E-state index in [4.69, 9.17) is 0 Å². The number of allylic oxidation sites excluding steroid dienone is 2. The zero-order chi connectivity index (χ0) is 5.86. The molecule has 0 aliphatic carbocycles. The maximum atomic E-state index is 3.84. The van der Waals surface area contributed by atoms with Crippen molar-refractivity contribution in [2.75, 3.05) is 0 Å². The van der Waals surface area contributed by atoms with E-state index in [1.54, 1.807) is 0 Å². The summed E-state index contributed by atoms with van der Waals surface area (Å²) in [7, 11) is 0. The SMILES string of the molecule is [CH2]C(C)C(C)=CC. The molecule has 0 spiro atoms. The van der Waals surface area contributed by atoms with E-state index < -0.39 is 0 Å². The fourth-order valence-electron chi connectivity index (χ4n) is 0.285. The van der Waals surface area contributed by atoms with Gasteiger partial charge in [0.25, 0.3) is 0 Å². The van der Waals surface area contributed by atoms with Gasteiger partial charge in [-0.15, -0.1) is 0 Å². The first-order valence-electron chi connectivity index (χ1n) is 2.64. The van der Waals surface area contributed by atoms with Crippen molar-refractivity contribution in [1.82, 2.24) is 0 Å². The molecule has 1 unspecified atom stereocenters. The van der Waals surface area contributed by atoms with Gasteiger partial charge >= 0.3 is 0 Å². The summed E-state index contributed by atoms with van der Waals surface area (Å²) in [6, 6.07) is 0. The minimum absolute atomic E-state index is 0.477. The molecule has 0 heteroatoms. The van der Waals surface area contributed by atoms with E-state index in [0.29, 0.717) is 5.92 Å². The summed E-state index contributed by atoms with van der Waals surface area (Å²) in [4.78, 5) is 0. The predicted molar refractivity (Wildman–Crippen MR) is 34.0 cm³/mol. The Balaban J connectivity index is 3.56. The third-order valence-electron chi connectivity index (χ3n) is 1.23. The van der Waals surface area contributed by atoms with Gasteiger partial charge in [0, 0.05) is 0 Å². The number of hydrogen-bond acceptors (Lipinski definition) is 0. The predicted octanol–water partition coefficient (Wildman–Crippen LogP) is 2.42. The van der Waals surface area contributed by atoms with Gasteiger partial charge in [-0.1, -0.05) is 18.6 Å². The van der Waals surface area contributed by atoms with Crippen LogP contribution in [0.1, 0.15) is 20.8 Å². The molecule has 0 aromatic carbocycles. The zero-order valence-corrected chi connectivity index (χ0v) is 5.36. The Kier molecular flexibility index (Phi) is 2.73. The highest BCUT2D eigenvalue weighted by molar-refractivity contribution is 5.00. The molecule has 0 nitrogen and oxygen atoms in total. The molecule has 0 aliphatic rings. The standard InChI is InChI=1S/C7H13/c1-5-7(4)6(2)3/h5-6H,2H2,1,3-4H3. The van der Waals surface area contributed by atoms with Crippen molar-refractivity contribution in [2.45, 2.75) is 20.8 Å². The third-order valence-corrected chi connectivity index (χ3v) is 1.23. The molecular formula is C7H13. The van der Waals surface area contributed by atoms with Crippen molar-refractivity contribution in [3.05, 3.63) is 18.6 Å². The van der Waals surface area contributed by atoms with Crippen LogP contribution in [0.25, 0.3) is 0 Å². The lowest BCUT2D eigenvalue weighted by Crippen LogP contribution is -1.86. The molecule has 1 atom stereocenters. The minimum Gasteiger partial charge on any atom is -0.0885 e. The van der Waals surface area contributed by atoms with Crippen LogP contribution >= 0.6 is 0 Å². The molecule has 0 saturated heterocycles. The maximum Gasteiger partial charge on any atom is -0.0234 e. The van der Waals surface area contributed by atoms with Crippen LogP contribution in [-0.2, 0) is 0 Å². The van der Waals surface area contributed by atoms with Crippen molar-refractivity contribution < 1.29 is 0 Å². The average Bonchev–Trinajstić information content (AvgIpc) is 1.65. The second-order valence-corrected chi connectivity index (χ2v) is 1.93. The summed E-state index contributed by atoms with van der Waals surface area (Å²) < 4.78 is 0. The summed E-state index contributed by atoms with van der Waals surface area (Å²) in [6.45, 7) is 10.1. The first kappa shape index (κ1) is 6.74. The molecular weight excluding hydrogens is 84.1 g/mol. The zero-order valence-electron chi connectivity index (χ0n) is 5.36. The number of hydrogen-bond donors (Lipinski definition) is 0. The minimum atomic E-state index is 0.477. The summed E-state index contributed by atoms with van der Waals surface area (Å²) in [5.74, 6) is 0.477. The summed E-state index contributed by atoms with van der Waals surface area (Å²) in [6.07, 6.45) is 2.09. The molecule has 0 N–H and O–H groups in total. The Bertz CT molecular complexity index is 68.1.